The number of aliphatic hydroxyl groups is 1. The van der Waals surface area contributed by atoms with Crippen LogP contribution in [0.4, 0.5) is 0 Å². The van der Waals surface area contributed by atoms with E-state index in [0.717, 1.165) is 11.1 Å². The van der Waals surface area contributed by atoms with Crippen LogP contribution in [0.15, 0.2) is 59.5 Å². The van der Waals surface area contributed by atoms with Crippen LogP contribution in [0.1, 0.15) is 38.8 Å². The van der Waals surface area contributed by atoms with Crippen molar-refractivity contribution < 1.29 is 23.6 Å². The Hall–Kier alpha value is -2.02. The number of carbonyl (C=O) groups excluding carboxylic acids is 1. The molecule has 2 aromatic rings. The molecule has 0 fully saturated rings. The second-order valence-corrected chi connectivity index (χ2v) is 9.63. The van der Waals surface area contributed by atoms with Gasteiger partial charge in [-0.3, -0.25) is 9.00 Å². The minimum atomic E-state index is -1.80. The molecule has 2 aromatic carbocycles. The van der Waals surface area contributed by atoms with E-state index in [1.807, 2.05) is 49.4 Å². The van der Waals surface area contributed by atoms with Crippen molar-refractivity contribution in [1.29, 1.82) is 0 Å². The Balaban J connectivity index is 2.21. The van der Waals surface area contributed by atoms with Crippen molar-refractivity contribution in [2.24, 2.45) is 0 Å². The first-order chi connectivity index (χ1) is 13.6. The molecule has 1 N–H and O–H groups in total. The van der Waals surface area contributed by atoms with E-state index < -0.39 is 39.8 Å². The molecule has 1 unspecified atom stereocenters. The van der Waals surface area contributed by atoms with Gasteiger partial charge in [-0.1, -0.05) is 48.0 Å². The Morgan fingerprint density at radius 2 is 1.66 bits per heavy atom. The molecule has 4 atom stereocenters. The standard InChI is InChI=1S/C23H30O5S/c1-16-11-13-19(14-12-16)29(26)21(22(25)28-23(3,4)5)20(24)17(2)27-15-18-9-7-6-8-10-18/h6-14,17,20-21,24H,15H2,1-5H3/t17-,20-,21-,29?/m0/s1. The predicted octanol–water partition coefficient (Wildman–Crippen LogP) is 3.78. The third kappa shape index (κ3) is 7.07. The second-order valence-electron chi connectivity index (χ2n) is 8.06. The summed E-state index contributed by atoms with van der Waals surface area (Å²) in [6.07, 6.45) is -2.02. The van der Waals surface area contributed by atoms with E-state index in [1.165, 1.54) is 0 Å². The molecule has 0 radical (unpaired) electrons. The van der Waals surface area contributed by atoms with Crippen LogP contribution in [0.25, 0.3) is 0 Å². The summed E-state index contributed by atoms with van der Waals surface area (Å²) in [5, 5.41) is 9.63. The summed E-state index contributed by atoms with van der Waals surface area (Å²) >= 11 is 0. The first-order valence-corrected chi connectivity index (χ1v) is 10.8. The molecule has 0 aliphatic heterocycles. The van der Waals surface area contributed by atoms with Crippen LogP contribution in [0.2, 0.25) is 0 Å². The number of carbonyl (C=O) groups is 1. The Labute approximate surface area is 175 Å². The zero-order valence-electron chi connectivity index (χ0n) is 17.6. The second kappa shape index (κ2) is 10.1. The fourth-order valence-corrected chi connectivity index (χ4v) is 4.07. The van der Waals surface area contributed by atoms with Crippen LogP contribution in [0, 0.1) is 6.92 Å². The minimum absolute atomic E-state index is 0.275. The molecule has 0 aliphatic carbocycles. The topological polar surface area (TPSA) is 72.8 Å². The summed E-state index contributed by atoms with van der Waals surface area (Å²) in [6.45, 7) is 9.07. The number of esters is 1. The van der Waals surface area contributed by atoms with Crippen molar-refractivity contribution >= 4 is 16.8 Å². The van der Waals surface area contributed by atoms with Crippen molar-refractivity contribution in [1.82, 2.24) is 0 Å². The predicted molar refractivity (Wildman–Crippen MR) is 114 cm³/mol. The Morgan fingerprint density at radius 1 is 1.07 bits per heavy atom. The van der Waals surface area contributed by atoms with Crippen molar-refractivity contribution in [2.45, 2.75) is 69.2 Å². The van der Waals surface area contributed by atoms with Gasteiger partial charge in [0.1, 0.15) is 11.7 Å². The van der Waals surface area contributed by atoms with E-state index in [0.29, 0.717) is 4.90 Å². The van der Waals surface area contributed by atoms with Crippen LogP contribution < -0.4 is 0 Å². The van der Waals surface area contributed by atoms with Gasteiger partial charge in [-0.25, -0.2) is 0 Å². The smallest absolute Gasteiger partial charge is 0.325 e. The van der Waals surface area contributed by atoms with Gasteiger partial charge in [0.05, 0.1) is 23.5 Å². The summed E-state index contributed by atoms with van der Waals surface area (Å²) in [5.41, 5.74) is 1.19. The molecule has 158 valence electrons. The van der Waals surface area contributed by atoms with Crippen LogP contribution in [0.5, 0.6) is 0 Å². The summed E-state index contributed by atoms with van der Waals surface area (Å²) in [6, 6.07) is 16.6. The number of rotatable bonds is 8. The lowest BCUT2D eigenvalue weighted by Crippen LogP contribution is -2.47. The number of aliphatic hydroxyl groups excluding tert-OH is 1. The maximum absolute atomic E-state index is 13.2. The third-order valence-corrected chi connectivity index (χ3v) is 5.94. The molecule has 0 heterocycles. The quantitative estimate of drug-likeness (QED) is 0.661. The monoisotopic (exact) mass is 418 g/mol. The molecule has 0 aromatic heterocycles. The average molecular weight is 419 g/mol. The van der Waals surface area contributed by atoms with E-state index in [4.69, 9.17) is 9.47 Å². The van der Waals surface area contributed by atoms with Crippen molar-refractivity contribution in [3.05, 3.63) is 65.7 Å². The lowest BCUT2D eigenvalue weighted by Gasteiger charge is -2.29. The van der Waals surface area contributed by atoms with Crippen LogP contribution in [-0.4, -0.2) is 38.3 Å². The third-order valence-electron chi connectivity index (χ3n) is 4.27. The molecular formula is C23H30O5S. The number of benzene rings is 2. The molecule has 29 heavy (non-hydrogen) atoms. The van der Waals surface area contributed by atoms with Gasteiger partial charge in [-0.2, -0.15) is 0 Å². The van der Waals surface area contributed by atoms with Crippen molar-refractivity contribution in [3.8, 4) is 0 Å². The van der Waals surface area contributed by atoms with Gasteiger partial charge >= 0.3 is 5.97 Å². The Morgan fingerprint density at radius 3 is 2.21 bits per heavy atom. The van der Waals surface area contributed by atoms with Gasteiger partial charge < -0.3 is 14.6 Å². The van der Waals surface area contributed by atoms with Crippen LogP contribution >= 0.6 is 0 Å². The lowest BCUT2D eigenvalue weighted by atomic mass is 10.1. The van der Waals surface area contributed by atoms with Gasteiger partial charge in [0.2, 0.25) is 0 Å². The Bertz CT molecular complexity index is 811. The highest BCUT2D eigenvalue weighted by atomic mass is 32.2. The molecule has 0 saturated carbocycles. The first-order valence-electron chi connectivity index (χ1n) is 9.62. The lowest BCUT2D eigenvalue weighted by molar-refractivity contribution is -0.158. The highest BCUT2D eigenvalue weighted by Gasteiger charge is 2.40. The van der Waals surface area contributed by atoms with Gasteiger partial charge in [0, 0.05) is 4.90 Å². The first kappa shape index (κ1) is 23.3. The van der Waals surface area contributed by atoms with Gasteiger partial charge in [0.15, 0.2) is 5.25 Å². The molecule has 2 rings (SSSR count). The Kier molecular flexibility index (Phi) is 8.14. The van der Waals surface area contributed by atoms with E-state index in [9.17, 15) is 14.1 Å². The molecule has 0 aliphatic rings. The molecule has 6 heteroatoms. The molecular weight excluding hydrogens is 388 g/mol. The SMILES string of the molecule is Cc1ccc(S(=O)[C@H](C(=O)OC(C)(C)C)[C@@H](O)[C@H](C)OCc2ccccc2)cc1. The van der Waals surface area contributed by atoms with Crippen molar-refractivity contribution in [3.63, 3.8) is 0 Å². The van der Waals surface area contributed by atoms with Gasteiger partial charge in [-0.15, -0.1) is 0 Å². The van der Waals surface area contributed by atoms with E-state index in [2.05, 4.69) is 0 Å². The zero-order chi connectivity index (χ0) is 21.6. The zero-order valence-corrected chi connectivity index (χ0v) is 18.4. The summed E-state index contributed by atoms with van der Waals surface area (Å²) in [7, 11) is -1.80. The average Bonchev–Trinajstić information content (AvgIpc) is 2.66. The van der Waals surface area contributed by atoms with Gasteiger partial charge in [0.25, 0.3) is 0 Å². The highest BCUT2D eigenvalue weighted by Crippen LogP contribution is 2.22. The molecule has 0 spiro atoms. The molecule has 0 bridgehead atoms. The van der Waals surface area contributed by atoms with Crippen LogP contribution in [0.3, 0.4) is 0 Å². The number of ether oxygens (including phenoxy) is 2. The number of hydrogen-bond donors (Lipinski definition) is 1. The van der Waals surface area contributed by atoms with E-state index in [-0.39, 0.29) is 6.61 Å². The summed E-state index contributed by atoms with van der Waals surface area (Å²) in [4.78, 5) is 13.3. The fraction of sp³-hybridized carbons (Fsp3) is 0.435. The highest BCUT2D eigenvalue weighted by molar-refractivity contribution is 7.86. The summed E-state index contributed by atoms with van der Waals surface area (Å²) in [5.74, 6) is -0.709. The van der Waals surface area contributed by atoms with Crippen LogP contribution in [-0.2, 0) is 31.7 Å². The normalized spacial score (nSPS) is 15.9. The van der Waals surface area contributed by atoms with Gasteiger partial charge in [-0.05, 0) is 52.3 Å². The molecule has 0 saturated heterocycles. The van der Waals surface area contributed by atoms with Crippen molar-refractivity contribution in [2.75, 3.05) is 0 Å². The molecule has 0 amide bonds. The minimum Gasteiger partial charge on any atom is -0.459 e. The largest absolute Gasteiger partial charge is 0.459 e. The maximum atomic E-state index is 13.2. The van der Waals surface area contributed by atoms with E-state index in [1.54, 1.807) is 39.8 Å². The van der Waals surface area contributed by atoms with E-state index >= 15 is 0 Å². The maximum Gasteiger partial charge on any atom is 0.325 e. The summed E-state index contributed by atoms with van der Waals surface area (Å²) < 4.78 is 24.4. The fourth-order valence-electron chi connectivity index (χ4n) is 2.68. The molecule has 5 nitrogen and oxygen atoms in total. The number of aryl methyl sites for hydroxylation is 1. The number of hydrogen-bond acceptors (Lipinski definition) is 5.